The van der Waals surface area contributed by atoms with E-state index in [2.05, 4.69) is 21.2 Å². The van der Waals surface area contributed by atoms with Crippen LogP contribution in [0.4, 0.5) is 0 Å². The van der Waals surface area contributed by atoms with E-state index in [1.165, 1.54) is 6.92 Å². The van der Waals surface area contributed by atoms with Crippen LogP contribution in [0.15, 0.2) is 65.1 Å². The quantitative estimate of drug-likeness (QED) is 0.712. The number of carbonyl (C=O) groups excluding carboxylic acids is 1. The van der Waals surface area contributed by atoms with Crippen LogP contribution in [0.2, 0.25) is 0 Å². The fraction of sp³-hybridized carbons (Fsp3) is 0.105. The van der Waals surface area contributed by atoms with Gasteiger partial charge in [-0.25, -0.2) is 0 Å². The Morgan fingerprint density at radius 2 is 1.74 bits per heavy atom. The Bertz CT molecular complexity index is 859. The van der Waals surface area contributed by atoms with Crippen LogP contribution in [-0.2, 0) is 4.79 Å². The molecule has 0 radical (unpaired) electrons. The molecule has 4 heteroatoms. The van der Waals surface area contributed by atoms with Crippen molar-refractivity contribution in [2.24, 2.45) is 0 Å². The number of phenols is 1. The van der Waals surface area contributed by atoms with Crippen LogP contribution in [-0.4, -0.2) is 11.0 Å². The molecule has 3 nitrogen and oxygen atoms in total. The molecule has 0 spiro atoms. The number of hydrogen-bond donors (Lipinski definition) is 2. The molecule has 3 aromatic carbocycles. The first-order valence-electron chi connectivity index (χ1n) is 7.29. The summed E-state index contributed by atoms with van der Waals surface area (Å²) in [6.07, 6.45) is 0. The Balaban J connectivity index is 2.22. The lowest BCUT2D eigenvalue weighted by molar-refractivity contribution is -0.119. The number of fused-ring (bicyclic) bond motifs is 1. The Kier molecular flexibility index (Phi) is 4.35. The molecular weight excluding hydrogens is 354 g/mol. The highest BCUT2D eigenvalue weighted by atomic mass is 79.9. The molecule has 1 amide bonds. The van der Waals surface area contributed by atoms with Gasteiger partial charge in [0.1, 0.15) is 5.75 Å². The summed E-state index contributed by atoms with van der Waals surface area (Å²) in [5, 5.41) is 15.3. The van der Waals surface area contributed by atoms with Crippen molar-refractivity contribution in [3.8, 4) is 5.75 Å². The van der Waals surface area contributed by atoms with Gasteiger partial charge in [-0.05, 0) is 34.5 Å². The molecule has 0 saturated carbocycles. The topological polar surface area (TPSA) is 49.3 Å². The Morgan fingerprint density at radius 3 is 2.43 bits per heavy atom. The van der Waals surface area contributed by atoms with Crippen molar-refractivity contribution in [2.45, 2.75) is 13.0 Å². The average molecular weight is 370 g/mol. The van der Waals surface area contributed by atoms with Gasteiger partial charge in [-0.1, -0.05) is 58.4 Å². The van der Waals surface area contributed by atoms with E-state index in [1.807, 2.05) is 54.6 Å². The van der Waals surface area contributed by atoms with E-state index >= 15 is 0 Å². The van der Waals surface area contributed by atoms with E-state index in [0.29, 0.717) is 5.56 Å². The van der Waals surface area contributed by atoms with Crippen LogP contribution < -0.4 is 5.32 Å². The molecule has 0 fully saturated rings. The third-order valence-corrected chi connectivity index (χ3v) is 4.32. The van der Waals surface area contributed by atoms with E-state index in [1.54, 1.807) is 6.07 Å². The van der Waals surface area contributed by atoms with Gasteiger partial charge in [-0.2, -0.15) is 0 Å². The highest BCUT2D eigenvalue weighted by Gasteiger charge is 2.21. The van der Waals surface area contributed by atoms with Crippen LogP contribution in [0.5, 0.6) is 5.75 Å². The zero-order chi connectivity index (χ0) is 16.4. The van der Waals surface area contributed by atoms with Crippen molar-refractivity contribution < 1.29 is 9.90 Å². The Labute approximate surface area is 143 Å². The predicted octanol–water partition coefficient (Wildman–Crippen LogP) is 4.53. The molecule has 0 aliphatic heterocycles. The second kappa shape index (κ2) is 6.42. The van der Waals surface area contributed by atoms with Crippen LogP contribution in [0, 0.1) is 0 Å². The summed E-state index contributed by atoms with van der Waals surface area (Å²) in [6, 6.07) is 18.7. The molecule has 1 unspecified atom stereocenters. The number of rotatable bonds is 3. The van der Waals surface area contributed by atoms with E-state index in [0.717, 1.165) is 20.8 Å². The number of carbonyl (C=O) groups is 1. The molecule has 0 heterocycles. The highest BCUT2D eigenvalue weighted by Crippen LogP contribution is 2.36. The summed E-state index contributed by atoms with van der Waals surface area (Å²) in [5.41, 5.74) is 1.62. The summed E-state index contributed by atoms with van der Waals surface area (Å²) in [4.78, 5) is 11.7. The highest BCUT2D eigenvalue weighted by molar-refractivity contribution is 9.10. The minimum atomic E-state index is -0.410. The summed E-state index contributed by atoms with van der Waals surface area (Å²) in [6.45, 7) is 1.48. The maximum atomic E-state index is 11.7. The molecule has 0 aliphatic rings. The minimum absolute atomic E-state index is 0.148. The third kappa shape index (κ3) is 3.22. The van der Waals surface area contributed by atoms with Crippen molar-refractivity contribution in [1.29, 1.82) is 0 Å². The van der Waals surface area contributed by atoms with Gasteiger partial charge in [0.15, 0.2) is 0 Å². The summed E-state index contributed by atoms with van der Waals surface area (Å²) in [5.74, 6) is 0.0237. The maximum absolute atomic E-state index is 11.7. The second-order valence-corrected chi connectivity index (χ2v) is 6.32. The normalized spacial score (nSPS) is 12.1. The summed E-state index contributed by atoms with van der Waals surface area (Å²) in [7, 11) is 0. The van der Waals surface area contributed by atoms with Gasteiger partial charge in [-0.3, -0.25) is 4.79 Å². The van der Waals surface area contributed by atoms with E-state index in [4.69, 9.17) is 0 Å². The minimum Gasteiger partial charge on any atom is -0.508 e. The Morgan fingerprint density at radius 1 is 1.04 bits per heavy atom. The number of hydrogen-bond acceptors (Lipinski definition) is 2. The number of amides is 1. The van der Waals surface area contributed by atoms with Crippen LogP contribution in [0.25, 0.3) is 10.8 Å². The third-order valence-electron chi connectivity index (χ3n) is 3.79. The molecule has 116 valence electrons. The first-order chi connectivity index (χ1) is 11.1. The molecular formula is C19H16BrNO2. The largest absolute Gasteiger partial charge is 0.508 e. The van der Waals surface area contributed by atoms with Gasteiger partial charge in [0.2, 0.25) is 5.91 Å². The zero-order valence-electron chi connectivity index (χ0n) is 12.6. The SMILES string of the molecule is CC(=O)NC(c1ccc(Br)cc1)c1c(O)ccc2ccccc12. The van der Waals surface area contributed by atoms with Crippen LogP contribution in [0.3, 0.4) is 0 Å². The lowest BCUT2D eigenvalue weighted by Crippen LogP contribution is -2.27. The van der Waals surface area contributed by atoms with Gasteiger partial charge in [-0.15, -0.1) is 0 Å². The lowest BCUT2D eigenvalue weighted by atomic mass is 9.92. The molecule has 2 N–H and O–H groups in total. The maximum Gasteiger partial charge on any atom is 0.217 e. The van der Waals surface area contributed by atoms with Crippen molar-refractivity contribution >= 4 is 32.6 Å². The Hall–Kier alpha value is -2.33. The van der Waals surface area contributed by atoms with Gasteiger partial charge >= 0.3 is 0 Å². The number of nitrogens with one attached hydrogen (secondary N) is 1. The van der Waals surface area contributed by atoms with E-state index in [-0.39, 0.29) is 11.7 Å². The average Bonchev–Trinajstić information content (AvgIpc) is 2.54. The van der Waals surface area contributed by atoms with Gasteiger partial charge in [0.05, 0.1) is 6.04 Å². The molecule has 23 heavy (non-hydrogen) atoms. The van der Waals surface area contributed by atoms with Crippen LogP contribution >= 0.6 is 15.9 Å². The van der Waals surface area contributed by atoms with Crippen molar-refractivity contribution in [3.63, 3.8) is 0 Å². The standard InChI is InChI=1S/C19H16BrNO2/c1-12(22)21-19(14-6-9-15(20)10-7-14)18-16-5-3-2-4-13(16)8-11-17(18)23/h2-11,19,23H,1H3,(H,21,22). The molecule has 0 aromatic heterocycles. The van der Waals surface area contributed by atoms with Gasteiger partial charge < -0.3 is 10.4 Å². The number of halogens is 1. The predicted molar refractivity (Wildman–Crippen MR) is 95.4 cm³/mol. The van der Waals surface area contributed by atoms with Gasteiger partial charge in [0, 0.05) is 17.0 Å². The molecule has 3 rings (SSSR count). The monoisotopic (exact) mass is 369 g/mol. The second-order valence-electron chi connectivity index (χ2n) is 5.40. The van der Waals surface area contributed by atoms with E-state index < -0.39 is 6.04 Å². The molecule has 3 aromatic rings. The van der Waals surface area contributed by atoms with Crippen molar-refractivity contribution in [3.05, 3.63) is 76.3 Å². The number of aromatic hydroxyl groups is 1. The number of benzene rings is 3. The van der Waals surface area contributed by atoms with E-state index in [9.17, 15) is 9.90 Å². The molecule has 1 atom stereocenters. The lowest BCUT2D eigenvalue weighted by Gasteiger charge is -2.22. The molecule has 0 bridgehead atoms. The fourth-order valence-corrected chi connectivity index (χ4v) is 3.03. The van der Waals surface area contributed by atoms with Gasteiger partial charge in [0.25, 0.3) is 0 Å². The fourth-order valence-electron chi connectivity index (χ4n) is 2.77. The van der Waals surface area contributed by atoms with Crippen molar-refractivity contribution in [1.82, 2.24) is 5.32 Å². The molecule has 0 saturated heterocycles. The first-order valence-corrected chi connectivity index (χ1v) is 8.09. The summed E-state index contributed by atoms with van der Waals surface area (Å²) >= 11 is 3.42. The smallest absolute Gasteiger partial charge is 0.217 e. The number of phenolic OH excluding ortho intramolecular Hbond substituents is 1. The first kappa shape index (κ1) is 15.6. The molecule has 0 aliphatic carbocycles. The zero-order valence-corrected chi connectivity index (χ0v) is 14.2. The summed E-state index contributed by atoms with van der Waals surface area (Å²) < 4.78 is 0.963. The van der Waals surface area contributed by atoms with Crippen LogP contribution in [0.1, 0.15) is 24.1 Å². The van der Waals surface area contributed by atoms with Crippen molar-refractivity contribution in [2.75, 3.05) is 0 Å².